The van der Waals surface area contributed by atoms with Crippen LogP contribution in [0.15, 0.2) is 59.4 Å². The fourth-order valence-corrected chi connectivity index (χ4v) is 2.59. The predicted molar refractivity (Wildman–Crippen MR) is 99.5 cm³/mol. The second-order valence-electron chi connectivity index (χ2n) is 6.01. The summed E-state index contributed by atoms with van der Waals surface area (Å²) in [6, 6.07) is 14.2. The number of amides is 1. The van der Waals surface area contributed by atoms with Crippen molar-refractivity contribution in [3.05, 3.63) is 82.3 Å². The quantitative estimate of drug-likeness (QED) is 0.750. The molecule has 0 atom stereocenters. The van der Waals surface area contributed by atoms with Gasteiger partial charge in [-0.05, 0) is 56.3 Å². The molecule has 0 aliphatic rings. The van der Waals surface area contributed by atoms with E-state index in [0.29, 0.717) is 28.6 Å². The van der Waals surface area contributed by atoms with E-state index in [0.717, 1.165) is 0 Å². The zero-order chi connectivity index (χ0) is 19.4. The fraction of sp³-hybridized carbons (Fsp3) is 0.150. The van der Waals surface area contributed by atoms with Gasteiger partial charge >= 0.3 is 5.69 Å². The van der Waals surface area contributed by atoms with Gasteiger partial charge in [0.05, 0.1) is 5.69 Å². The molecule has 1 aromatic heterocycles. The zero-order valence-corrected chi connectivity index (χ0v) is 14.9. The third-order valence-corrected chi connectivity index (χ3v) is 3.85. The van der Waals surface area contributed by atoms with E-state index >= 15 is 0 Å². The molecule has 0 aliphatic carbocycles. The van der Waals surface area contributed by atoms with Crippen molar-refractivity contribution in [3.63, 3.8) is 0 Å². The van der Waals surface area contributed by atoms with Crippen LogP contribution in [0.2, 0.25) is 0 Å². The standard InChI is InChI=1S/C20H18FN3O3/c1-13-11-14(2)24(20(26)22-13)12-19(25)23-17-5-3-4-6-18(17)27-16-9-7-15(21)8-10-16/h3-11H,12H2,1-2H3,(H,23,25). The number of aryl methyl sites for hydroxylation is 2. The van der Waals surface area contributed by atoms with Gasteiger partial charge in [-0.3, -0.25) is 9.36 Å². The van der Waals surface area contributed by atoms with E-state index in [4.69, 9.17) is 4.74 Å². The lowest BCUT2D eigenvalue weighted by Gasteiger charge is -2.13. The Hall–Kier alpha value is -3.48. The Morgan fingerprint density at radius 2 is 1.85 bits per heavy atom. The van der Waals surface area contributed by atoms with Gasteiger partial charge in [-0.2, -0.15) is 4.98 Å². The molecule has 0 radical (unpaired) electrons. The van der Waals surface area contributed by atoms with E-state index in [2.05, 4.69) is 10.3 Å². The maximum Gasteiger partial charge on any atom is 0.348 e. The lowest BCUT2D eigenvalue weighted by Crippen LogP contribution is -2.31. The minimum absolute atomic E-state index is 0.164. The number of hydrogen-bond donors (Lipinski definition) is 1. The Morgan fingerprint density at radius 1 is 1.15 bits per heavy atom. The van der Waals surface area contributed by atoms with Crippen molar-refractivity contribution < 1.29 is 13.9 Å². The van der Waals surface area contributed by atoms with Gasteiger partial charge < -0.3 is 10.1 Å². The third-order valence-electron chi connectivity index (χ3n) is 3.85. The number of anilines is 1. The van der Waals surface area contributed by atoms with Crippen LogP contribution < -0.4 is 15.7 Å². The summed E-state index contributed by atoms with van der Waals surface area (Å²) in [5.74, 6) is 0.0916. The number of carbonyl (C=O) groups is 1. The van der Waals surface area contributed by atoms with E-state index in [9.17, 15) is 14.0 Å². The summed E-state index contributed by atoms with van der Waals surface area (Å²) in [7, 11) is 0. The number of aromatic nitrogens is 2. The van der Waals surface area contributed by atoms with Crippen LogP contribution in [0.5, 0.6) is 11.5 Å². The average molecular weight is 367 g/mol. The lowest BCUT2D eigenvalue weighted by atomic mass is 10.2. The average Bonchev–Trinajstić information content (AvgIpc) is 2.62. The highest BCUT2D eigenvalue weighted by Crippen LogP contribution is 2.29. The molecule has 7 heteroatoms. The van der Waals surface area contributed by atoms with E-state index in [1.165, 1.54) is 28.8 Å². The number of ether oxygens (including phenoxy) is 1. The van der Waals surface area contributed by atoms with Crippen LogP contribution in [-0.4, -0.2) is 15.5 Å². The number of carbonyl (C=O) groups excluding carboxylic acids is 1. The number of halogens is 1. The largest absolute Gasteiger partial charge is 0.455 e. The van der Waals surface area contributed by atoms with Crippen LogP contribution in [0.3, 0.4) is 0 Å². The molecule has 0 saturated heterocycles. The number of nitrogens with zero attached hydrogens (tertiary/aromatic N) is 2. The number of nitrogens with one attached hydrogen (secondary N) is 1. The Kier molecular flexibility index (Phi) is 5.30. The number of para-hydroxylation sites is 2. The van der Waals surface area contributed by atoms with E-state index < -0.39 is 5.69 Å². The van der Waals surface area contributed by atoms with Crippen molar-refractivity contribution >= 4 is 11.6 Å². The molecule has 138 valence electrons. The van der Waals surface area contributed by atoms with Gasteiger partial charge in [-0.25, -0.2) is 9.18 Å². The predicted octanol–water partition coefficient (Wildman–Crippen LogP) is 3.43. The molecule has 27 heavy (non-hydrogen) atoms. The molecule has 0 bridgehead atoms. The summed E-state index contributed by atoms with van der Waals surface area (Å²) in [6.07, 6.45) is 0. The molecule has 3 rings (SSSR count). The summed E-state index contributed by atoms with van der Waals surface area (Å²) in [5.41, 5.74) is 1.22. The van der Waals surface area contributed by atoms with Crippen molar-refractivity contribution in [1.29, 1.82) is 0 Å². The molecule has 0 fully saturated rings. The van der Waals surface area contributed by atoms with Gasteiger partial charge in [0.1, 0.15) is 18.1 Å². The minimum Gasteiger partial charge on any atom is -0.455 e. The van der Waals surface area contributed by atoms with E-state index in [-0.39, 0.29) is 18.3 Å². The monoisotopic (exact) mass is 367 g/mol. The first-order valence-electron chi connectivity index (χ1n) is 8.30. The molecule has 6 nitrogen and oxygen atoms in total. The molecule has 1 heterocycles. The topological polar surface area (TPSA) is 73.2 Å². The Balaban J connectivity index is 1.77. The lowest BCUT2D eigenvalue weighted by molar-refractivity contribution is -0.116. The summed E-state index contributed by atoms with van der Waals surface area (Å²) >= 11 is 0. The highest BCUT2D eigenvalue weighted by molar-refractivity contribution is 5.92. The first kappa shape index (κ1) is 18.3. The normalized spacial score (nSPS) is 10.5. The van der Waals surface area contributed by atoms with Crippen LogP contribution in [0.25, 0.3) is 0 Å². The third kappa shape index (κ3) is 4.58. The summed E-state index contributed by atoms with van der Waals surface area (Å²) in [4.78, 5) is 28.3. The maximum absolute atomic E-state index is 13.0. The second kappa shape index (κ2) is 7.82. The Morgan fingerprint density at radius 3 is 2.56 bits per heavy atom. The highest BCUT2D eigenvalue weighted by Gasteiger charge is 2.12. The minimum atomic E-state index is -0.474. The Labute approximate surface area is 155 Å². The molecular formula is C20H18FN3O3. The van der Waals surface area contributed by atoms with Crippen LogP contribution in [0, 0.1) is 19.7 Å². The number of hydrogen-bond acceptors (Lipinski definition) is 4. The molecule has 0 spiro atoms. The SMILES string of the molecule is Cc1cc(C)n(CC(=O)Nc2ccccc2Oc2ccc(F)cc2)c(=O)n1. The summed E-state index contributed by atoms with van der Waals surface area (Å²) in [6.45, 7) is 3.31. The molecule has 1 amide bonds. The van der Waals surface area contributed by atoms with Crippen LogP contribution in [0.1, 0.15) is 11.4 Å². The summed E-state index contributed by atoms with van der Waals surface area (Å²) in [5, 5.41) is 2.73. The molecule has 0 aliphatic heterocycles. The van der Waals surface area contributed by atoms with E-state index in [1.54, 1.807) is 44.2 Å². The van der Waals surface area contributed by atoms with Crippen molar-refractivity contribution in [2.45, 2.75) is 20.4 Å². The fourth-order valence-electron chi connectivity index (χ4n) is 2.59. The molecule has 3 aromatic rings. The Bertz CT molecular complexity index is 1030. The van der Waals surface area contributed by atoms with Crippen molar-refractivity contribution in [2.75, 3.05) is 5.32 Å². The zero-order valence-electron chi connectivity index (χ0n) is 14.9. The van der Waals surface area contributed by atoms with E-state index in [1.807, 2.05) is 0 Å². The van der Waals surface area contributed by atoms with Crippen LogP contribution >= 0.6 is 0 Å². The molecule has 2 aromatic carbocycles. The van der Waals surface area contributed by atoms with Crippen molar-refractivity contribution in [2.24, 2.45) is 0 Å². The van der Waals surface area contributed by atoms with Gasteiger partial charge in [0, 0.05) is 11.4 Å². The smallest absolute Gasteiger partial charge is 0.348 e. The first-order chi connectivity index (χ1) is 12.9. The summed E-state index contributed by atoms with van der Waals surface area (Å²) < 4.78 is 20.0. The van der Waals surface area contributed by atoms with Crippen LogP contribution in [-0.2, 0) is 11.3 Å². The molecule has 0 unspecified atom stereocenters. The first-order valence-corrected chi connectivity index (χ1v) is 8.30. The van der Waals surface area contributed by atoms with Gasteiger partial charge in [0.15, 0.2) is 5.75 Å². The van der Waals surface area contributed by atoms with Crippen LogP contribution in [0.4, 0.5) is 10.1 Å². The maximum atomic E-state index is 13.0. The molecule has 0 saturated carbocycles. The molecular weight excluding hydrogens is 349 g/mol. The van der Waals surface area contributed by atoms with Crippen molar-refractivity contribution in [1.82, 2.24) is 9.55 Å². The second-order valence-corrected chi connectivity index (χ2v) is 6.01. The van der Waals surface area contributed by atoms with Gasteiger partial charge in [0.2, 0.25) is 5.91 Å². The number of rotatable bonds is 5. The highest BCUT2D eigenvalue weighted by atomic mass is 19.1. The van der Waals surface area contributed by atoms with Gasteiger partial charge in [-0.15, -0.1) is 0 Å². The molecule has 1 N–H and O–H groups in total. The van der Waals surface area contributed by atoms with Gasteiger partial charge in [0.25, 0.3) is 0 Å². The number of benzene rings is 2. The van der Waals surface area contributed by atoms with Crippen molar-refractivity contribution in [3.8, 4) is 11.5 Å². The van der Waals surface area contributed by atoms with Gasteiger partial charge in [-0.1, -0.05) is 12.1 Å².